The quantitative estimate of drug-likeness (QED) is 0.239. The van der Waals surface area contributed by atoms with Gasteiger partial charge in [-0.15, -0.1) is 0 Å². The highest BCUT2D eigenvalue weighted by Crippen LogP contribution is 2.42. The van der Waals surface area contributed by atoms with Gasteiger partial charge < -0.3 is 14.6 Å². The fourth-order valence-corrected chi connectivity index (χ4v) is 3.43. The van der Waals surface area contributed by atoms with Crippen LogP contribution in [0.2, 0.25) is 25.7 Å². The minimum atomic E-state index is -3.18. The van der Waals surface area contributed by atoms with Crippen LogP contribution >= 0.6 is 15.9 Å². The minimum absolute atomic E-state index is 0.0250. The molecule has 0 bridgehead atoms. The number of phenolic OH excluding ortho intramolecular Hbond substituents is 1. The molecule has 1 aromatic heterocycles. The lowest BCUT2D eigenvalue weighted by Gasteiger charge is -2.16. The molecule has 28 heavy (non-hydrogen) atoms. The fraction of sp³-hybridized carbons (Fsp3) is 0.438. The monoisotopic (exact) mass is 479 g/mol. The highest BCUT2D eigenvalue weighted by atomic mass is 79.9. The predicted octanol–water partition coefficient (Wildman–Crippen LogP) is 4.84. The first-order valence-electron chi connectivity index (χ1n) is 8.25. The molecular formula is C16H20BrF2N3O5Si. The van der Waals surface area contributed by atoms with Crippen LogP contribution in [0.1, 0.15) is 0 Å². The van der Waals surface area contributed by atoms with Crippen molar-refractivity contribution in [2.24, 2.45) is 0 Å². The van der Waals surface area contributed by atoms with Gasteiger partial charge in [0, 0.05) is 20.7 Å². The molecule has 0 unspecified atom stereocenters. The standard InChI is InChI=1S/C16H20BrF2N3O5Si/c1-28(2,3)5-4-26-9-21-15(12(8-20-21)22(24)25)10-6-11(17)13(23)7-14(10)27-16(18)19/h6-8,16,23H,4-5,9H2,1-3H3. The number of benzene rings is 1. The van der Waals surface area contributed by atoms with Crippen molar-refractivity contribution >= 4 is 29.7 Å². The van der Waals surface area contributed by atoms with E-state index in [2.05, 4.69) is 45.4 Å². The number of nitro groups is 1. The van der Waals surface area contributed by atoms with Gasteiger partial charge in [-0.25, -0.2) is 4.68 Å². The molecule has 8 nitrogen and oxygen atoms in total. The molecule has 1 N–H and O–H groups in total. The van der Waals surface area contributed by atoms with E-state index in [1.165, 1.54) is 10.7 Å². The van der Waals surface area contributed by atoms with Crippen molar-refractivity contribution in [3.8, 4) is 22.8 Å². The smallest absolute Gasteiger partial charge is 0.387 e. The lowest BCUT2D eigenvalue weighted by atomic mass is 10.1. The molecule has 1 aromatic carbocycles. The number of hydrogen-bond acceptors (Lipinski definition) is 6. The van der Waals surface area contributed by atoms with Crippen LogP contribution < -0.4 is 4.74 Å². The van der Waals surface area contributed by atoms with Gasteiger partial charge in [-0.2, -0.15) is 13.9 Å². The molecule has 154 valence electrons. The van der Waals surface area contributed by atoms with Crippen LogP contribution in [0.15, 0.2) is 22.8 Å². The SMILES string of the molecule is C[Si](C)(C)CCOCn1ncc([N+](=O)[O-])c1-c1cc(Br)c(O)cc1OC(F)F. The maximum absolute atomic E-state index is 12.8. The minimum Gasteiger partial charge on any atom is -0.507 e. The summed E-state index contributed by atoms with van der Waals surface area (Å²) in [6, 6.07) is 3.10. The van der Waals surface area contributed by atoms with E-state index in [0.717, 1.165) is 18.3 Å². The Kier molecular flexibility index (Phi) is 7.12. The zero-order valence-electron chi connectivity index (χ0n) is 15.5. The molecule has 0 radical (unpaired) electrons. The Morgan fingerprint density at radius 2 is 2.07 bits per heavy atom. The van der Waals surface area contributed by atoms with Crippen LogP contribution in [0.5, 0.6) is 11.5 Å². The molecule has 0 saturated heterocycles. The zero-order valence-corrected chi connectivity index (χ0v) is 18.1. The second-order valence-electron chi connectivity index (χ2n) is 7.16. The van der Waals surface area contributed by atoms with Gasteiger partial charge in [0.2, 0.25) is 0 Å². The molecule has 0 aliphatic rings. The van der Waals surface area contributed by atoms with Gasteiger partial charge in [0.1, 0.15) is 24.4 Å². The van der Waals surface area contributed by atoms with E-state index < -0.39 is 31.0 Å². The lowest BCUT2D eigenvalue weighted by molar-refractivity contribution is -0.384. The van der Waals surface area contributed by atoms with Crippen LogP contribution in [0.25, 0.3) is 11.3 Å². The topological polar surface area (TPSA) is 99.7 Å². The molecule has 12 heteroatoms. The van der Waals surface area contributed by atoms with Gasteiger partial charge >= 0.3 is 12.3 Å². The van der Waals surface area contributed by atoms with Gasteiger partial charge in [0.05, 0.1) is 15.0 Å². The molecule has 0 amide bonds. The third kappa shape index (κ3) is 5.72. The Bertz CT molecular complexity index is 858. The van der Waals surface area contributed by atoms with Crippen molar-refractivity contribution < 1.29 is 28.3 Å². The molecule has 0 fully saturated rings. The Balaban J connectivity index is 2.44. The number of nitrogens with zero attached hydrogens (tertiary/aromatic N) is 3. The Morgan fingerprint density at radius 3 is 2.64 bits per heavy atom. The van der Waals surface area contributed by atoms with Gasteiger partial charge in [-0.1, -0.05) is 19.6 Å². The number of alkyl halides is 2. The van der Waals surface area contributed by atoms with E-state index >= 15 is 0 Å². The summed E-state index contributed by atoms with van der Waals surface area (Å²) in [5.74, 6) is -0.762. The Hall–Kier alpha value is -2.05. The third-order valence-corrected chi connectivity index (χ3v) is 6.09. The third-order valence-electron chi connectivity index (χ3n) is 3.75. The first-order valence-corrected chi connectivity index (χ1v) is 12.8. The molecule has 0 spiro atoms. The predicted molar refractivity (Wildman–Crippen MR) is 104 cm³/mol. The normalized spacial score (nSPS) is 11.8. The molecule has 2 rings (SSSR count). The maximum Gasteiger partial charge on any atom is 0.387 e. The second kappa shape index (κ2) is 8.96. The fourth-order valence-electron chi connectivity index (χ4n) is 2.33. The summed E-state index contributed by atoms with van der Waals surface area (Å²) in [4.78, 5) is 10.7. The van der Waals surface area contributed by atoms with Crippen LogP contribution in [-0.2, 0) is 11.5 Å². The van der Waals surface area contributed by atoms with Crippen molar-refractivity contribution in [1.29, 1.82) is 0 Å². The highest BCUT2D eigenvalue weighted by molar-refractivity contribution is 9.10. The van der Waals surface area contributed by atoms with E-state index in [9.17, 15) is 24.0 Å². The first-order chi connectivity index (χ1) is 13.0. The van der Waals surface area contributed by atoms with Crippen LogP contribution in [0, 0.1) is 10.1 Å². The summed E-state index contributed by atoms with van der Waals surface area (Å²) in [7, 11) is -1.33. The first kappa shape index (κ1) is 22.2. The average molecular weight is 480 g/mol. The number of aromatic nitrogens is 2. The molecule has 0 aliphatic carbocycles. The van der Waals surface area contributed by atoms with Crippen LogP contribution in [-0.4, -0.2) is 41.1 Å². The van der Waals surface area contributed by atoms with Crippen molar-refractivity contribution in [1.82, 2.24) is 9.78 Å². The van der Waals surface area contributed by atoms with E-state index in [0.29, 0.717) is 6.61 Å². The summed E-state index contributed by atoms with van der Waals surface area (Å²) < 4.78 is 37.0. The van der Waals surface area contributed by atoms with Gasteiger partial charge in [0.15, 0.2) is 5.69 Å². The van der Waals surface area contributed by atoms with Crippen LogP contribution in [0.3, 0.4) is 0 Å². The molecule has 0 aliphatic heterocycles. The molecular weight excluding hydrogens is 460 g/mol. The largest absolute Gasteiger partial charge is 0.507 e. The molecule has 2 aromatic rings. The molecule has 0 atom stereocenters. The zero-order chi connectivity index (χ0) is 21.1. The second-order valence-corrected chi connectivity index (χ2v) is 13.6. The van der Waals surface area contributed by atoms with Crippen molar-refractivity contribution in [2.75, 3.05) is 6.61 Å². The van der Waals surface area contributed by atoms with Crippen molar-refractivity contribution in [3.63, 3.8) is 0 Å². The van der Waals surface area contributed by atoms with Gasteiger partial charge in [-0.3, -0.25) is 10.1 Å². The summed E-state index contributed by atoms with van der Waals surface area (Å²) in [5, 5.41) is 25.2. The maximum atomic E-state index is 12.8. The molecule has 0 saturated carbocycles. The van der Waals surface area contributed by atoms with E-state index in [1.54, 1.807) is 0 Å². The van der Waals surface area contributed by atoms with Crippen molar-refractivity contribution in [2.45, 2.75) is 39.0 Å². The summed E-state index contributed by atoms with van der Waals surface area (Å²) in [6.45, 7) is 3.72. The highest BCUT2D eigenvalue weighted by Gasteiger charge is 2.27. The van der Waals surface area contributed by atoms with Crippen LogP contribution in [0.4, 0.5) is 14.5 Å². The number of aromatic hydroxyl groups is 1. The summed E-state index contributed by atoms with van der Waals surface area (Å²) in [6.07, 6.45) is 1.02. The number of rotatable bonds is 9. The number of phenols is 1. The van der Waals surface area contributed by atoms with E-state index in [-0.39, 0.29) is 28.2 Å². The van der Waals surface area contributed by atoms with E-state index in [1.807, 2.05) is 0 Å². The van der Waals surface area contributed by atoms with Crippen molar-refractivity contribution in [3.05, 3.63) is 32.9 Å². The van der Waals surface area contributed by atoms with Gasteiger partial charge in [-0.05, 0) is 28.0 Å². The Morgan fingerprint density at radius 1 is 1.39 bits per heavy atom. The van der Waals surface area contributed by atoms with Gasteiger partial charge in [0.25, 0.3) is 0 Å². The number of hydrogen-bond donors (Lipinski definition) is 1. The Labute approximate surface area is 169 Å². The average Bonchev–Trinajstić information content (AvgIpc) is 2.97. The summed E-state index contributed by atoms with van der Waals surface area (Å²) >= 11 is 3.08. The molecule has 1 heterocycles. The number of halogens is 3. The summed E-state index contributed by atoms with van der Waals surface area (Å²) in [5.41, 5.74) is -0.483. The van der Waals surface area contributed by atoms with E-state index in [4.69, 9.17) is 4.74 Å². The lowest BCUT2D eigenvalue weighted by Crippen LogP contribution is -2.22. The number of ether oxygens (including phenoxy) is 2.